The number of H-pyrrole nitrogens is 1. The van der Waals surface area contributed by atoms with Gasteiger partial charge in [0.2, 0.25) is 0 Å². The molecule has 0 fully saturated rings. The first-order valence-electron chi connectivity index (χ1n) is 6.26. The summed E-state index contributed by atoms with van der Waals surface area (Å²) in [6, 6.07) is 0. The van der Waals surface area contributed by atoms with Gasteiger partial charge in [0.25, 0.3) is 11.5 Å². The summed E-state index contributed by atoms with van der Waals surface area (Å²) in [6.45, 7) is 0.568. The van der Waals surface area contributed by atoms with Crippen molar-refractivity contribution in [3.63, 3.8) is 0 Å². The van der Waals surface area contributed by atoms with E-state index in [1.807, 2.05) is 0 Å². The zero-order chi connectivity index (χ0) is 12.8. The van der Waals surface area contributed by atoms with Crippen molar-refractivity contribution >= 4 is 5.91 Å². The van der Waals surface area contributed by atoms with Crippen LogP contribution in [-0.4, -0.2) is 22.4 Å². The van der Waals surface area contributed by atoms with Crippen molar-refractivity contribution in [2.45, 2.75) is 32.1 Å². The molecule has 0 saturated heterocycles. The second kappa shape index (κ2) is 6.14. The van der Waals surface area contributed by atoms with Gasteiger partial charge in [0, 0.05) is 12.7 Å². The van der Waals surface area contributed by atoms with Gasteiger partial charge in [-0.3, -0.25) is 9.59 Å². The first-order chi connectivity index (χ1) is 8.77. The first-order valence-corrected chi connectivity index (χ1v) is 6.26. The third-order valence-electron chi connectivity index (χ3n) is 3.08. The maximum absolute atomic E-state index is 11.7. The second-order valence-electron chi connectivity index (χ2n) is 4.41. The van der Waals surface area contributed by atoms with Gasteiger partial charge in [0.15, 0.2) is 0 Å². The largest absolute Gasteiger partial charge is 0.351 e. The van der Waals surface area contributed by atoms with Crippen LogP contribution in [0.2, 0.25) is 0 Å². The normalized spacial score (nSPS) is 15.0. The Bertz CT molecular complexity index is 505. The van der Waals surface area contributed by atoms with Crippen LogP contribution < -0.4 is 10.9 Å². The highest BCUT2D eigenvalue weighted by Gasteiger charge is 2.10. The van der Waals surface area contributed by atoms with E-state index in [1.165, 1.54) is 30.9 Å². The molecule has 0 bridgehead atoms. The smallest absolute Gasteiger partial charge is 0.263 e. The SMILES string of the molecule is O=C(NCCC1=CCCCC1)c1cnc[nH]c1=O. The fourth-order valence-corrected chi connectivity index (χ4v) is 2.07. The average Bonchev–Trinajstić information content (AvgIpc) is 2.40. The molecular formula is C13H17N3O2. The lowest BCUT2D eigenvalue weighted by atomic mass is 9.97. The Morgan fingerprint density at radius 1 is 1.44 bits per heavy atom. The van der Waals surface area contributed by atoms with Crippen molar-refractivity contribution in [1.29, 1.82) is 0 Å². The number of carbonyl (C=O) groups excluding carboxylic acids is 1. The number of nitrogens with zero attached hydrogens (tertiary/aromatic N) is 1. The van der Waals surface area contributed by atoms with Crippen molar-refractivity contribution in [3.05, 3.63) is 40.1 Å². The zero-order valence-corrected chi connectivity index (χ0v) is 10.2. The molecule has 1 heterocycles. The maximum Gasteiger partial charge on any atom is 0.263 e. The molecule has 1 amide bonds. The summed E-state index contributed by atoms with van der Waals surface area (Å²) >= 11 is 0. The van der Waals surface area contributed by atoms with Gasteiger partial charge in [-0.2, -0.15) is 0 Å². The number of rotatable bonds is 4. The van der Waals surface area contributed by atoms with Crippen LogP contribution in [0, 0.1) is 0 Å². The monoisotopic (exact) mass is 247 g/mol. The molecule has 0 aliphatic heterocycles. The van der Waals surface area contributed by atoms with Crippen molar-refractivity contribution in [2.75, 3.05) is 6.54 Å². The first kappa shape index (κ1) is 12.5. The molecule has 5 heteroatoms. The topological polar surface area (TPSA) is 74.8 Å². The van der Waals surface area contributed by atoms with Gasteiger partial charge in [-0.15, -0.1) is 0 Å². The van der Waals surface area contributed by atoms with Crippen LogP contribution in [0.4, 0.5) is 0 Å². The average molecular weight is 247 g/mol. The molecule has 96 valence electrons. The van der Waals surface area contributed by atoms with E-state index in [1.54, 1.807) is 0 Å². The Morgan fingerprint density at radius 2 is 2.33 bits per heavy atom. The fourth-order valence-electron chi connectivity index (χ4n) is 2.07. The van der Waals surface area contributed by atoms with Crippen molar-refractivity contribution in [3.8, 4) is 0 Å². The third kappa shape index (κ3) is 3.29. The second-order valence-corrected chi connectivity index (χ2v) is 4.41. The van der Waals surface area contributed by atoms with Gasteiger partial charge in [0.1, 0.15) is 5.56 Å². The predicted octanol–water partition coefficient (Wildman–Crippen LogP) is 1.39. The summed E-state index contributed by atoms with van der Waals surface area (Å²) in [6.07, 6.45) is 10.5. The standard InChI is InChI=1S/C13H17N3O2/c17-12(11-8-14-9-16-13(11)18)15-7-6-10-4-2-1-3-5-10/h4,8-9H,1-3,5-7H2,(H,15,17)(H,14,16,18). The Labute approximate surface area is 105 Å². The van der Waals surface area contributed by atoms with Crippen LogP contribution in [0.25, 0.3) is 0 Å². The summed E-state index contributed by atoms with van der Waals surface area (Å²) in [5.41, 5.74) is 1.07. The molecular weight excluding hydrogens is 230 g/mol. The Hall–Kier alpha value is -1.91. The molecule has 0 aromatic carbocycles. The van der Waals surface area contributed by atoms with Crippen molar-refractivity contribution in [1.82, 2.24) is 15.3 Å². The highest BCUT2D eigenvalue weighted by Crippen LogP contribution is 2.19. The lowest BCUT2D eigenvalue weighted by molar-refractivity contribution is 0.0952. The molecule has 2 rings (SSSR count). The number of hydrogen-bond donors (Lipinski definition) is 2. The third-order valence-corrected chi connectivity index (χ3v) is 3.08. The highest BCUT2D eigenvalue weighted by atomic mass is 16.2. The molecule has 1 aliphatic carbocycles. The number of carbonyl (C=O) groups is 1. The Kier molecular flexibility index (Phi) is 4.28. The zero-order valence-electron chi connectivity index (χ0n) is 10.2. The Morgan fingerprint density at radius 3 is 3.06 bits per heavy atom. The number of amides is 1. The van der Waals surface area contributed by atoms with Crippen LogP contribution in [0.3, 0.4) is 0 Å². The van der Waals surface area contributed by atoms with Gasteiger partial charge >= 0.3 is 0 Å². The predicted molar refractivity (Wildman–Crippen MR) is 68.4 cm³/mol. The lowest BCUT2D eigenvalue weighted by Crippen LogP contribution is -2.30. The molecule has 0 atom stereocenters. The summed E-state index contributed by atoms with van der Waals surface area (Å²) in [7, 11) is 0. The number of nitrogens with one attached hydrogen (secondary N) is 2. The van der Waals surface area contributed by atoms with Crippen LogP contribution in [0.15, 0.2) is 29.0 Å². The van der Waals surface area contributed by atoms with Crippen LogP contribution in [0.1, 0.15) is 42.5 Å². The lowest BCUT2D eigenvalue weighted by Gasteiger charge is -2.12. The molecule has 2 N–H and O–H groups in total. The summed E-state index contributed by atoms with van der Waals surface area (Å²) in [4.78, 5) is 29.2. The van der Waals surface area contributed by atoms with E-state index in [0.29, 0.717) is 6.54 Å². The van der Waals surface area contributed by atoms with Crippen LogP contribution >= 0.6 is 0 Å². The maximum atomic E-state index is 11.7. The molecule has 0 unspecified atom stereocenters. The molecule has 0 saturated carbocycles. The molecule has 0 spiro atoms. The van der Waals surface area contributed by atoms with Crippen molar-refractivity contribution in [2.24, 2.45) is 0 Å². The minimum absolute atomic E-state index is 0.0649. The van der Waals surface area contributed by atoms with E-state index in [4.69, 9.17) is 0 Å². The summed E-state index contributed by atoms with van der Waals surface area (Å²) < 4.78 is 0. The Balaban J connectivity index is 1.84. The molecule has 18 heavy (non-hydrogen) atoms. The minimum Gasteiger partial charge on any atom is -0.351 e. The van der Waals surface area contributed by atoms with Gasteiger partial charge < -0.3 is 10.3 Å². The number of aromatic nitrogens is 2. The molecule has 0 radical (unpaired) electrons. The number of hydrogen-bond acceptors (Lipinski definition) is 3. The van der Waals surface area contributed by atoms with E-state index >= 15 is 0 Å². The highest BCUT2D eigenvalue weighted by molar-refractivity contribution is 5.93. The molecule has 1 aromatic rings. The summed E-state index contributed by atoms with van der Waals surface area (Å²) in [5, 5.41) is 2.75. The minimum atomic E-state index is -0.403. The molecule has 1 aliphatic rings. The van der Waals surface area contributed by atoms with Gasteiger partial charge in [-0.05, 0) is 32.1 Å². The van der Waals surface area contributed by atoms with E-state index in [0.717, 1.165) is 19.3 Å². The fraction of sp³-hybridized carbons (Fsp3) is 0.462. The quantitative estimate of drug-likeness (QED) is 0.789. The van der Waals surface area contributed by atoms with E-state index in [2.05, 4.69) is 21.4 Å². The van der Waals surface area contributed by atoms with Crippen LogP contribution in [0.5, 0.6) is 0 Å². The van der Waals surface area contributed by atoms with Crippen molar-refractivity contribution < 1.29 is 4.79 Å². The van der Waals surface area contributed by atoms with Gasteiger partial charge in [0.05, 0.1) is 6.33 Å². The van der Waals surface area contributed by atoms with E-state index in [9.17, 15) is 9.59 Å². The summed E-state index contributed by atoms with van der Waals surface area (Å²) in [5.74, 6) is -0.360. The van der Waals surface area contributed by atoms with Gasteiger partial charge in [-0.1, -0.05) is 11.6 Å². The molecule has 1 aromatic heterocycles. The molecule has 5 nitrogen and oxygen atoms in total. The van der Waals surface area contributed by atoms with E-state index in [-0.39, 0.29) is 11.5 Å². The van der Waals surface area contributed by atoms with E-state index < -0.39 is 5.56 Å². The van der Waals surface area contributed by atoms with Crippen LogP contribution in [-0.2, 0) is 0 Å². The number of allylic oxidation sites excluding steroid dienone is 1. The number of aromatic amines is 1. The van der Waals surface area contributed by atoms with Gasteiger partial charge in [-0.25, -0.2) is 4.98 Å².